The Hall–Kier alpha value is -0.830. The van der Waals surface area contributed by atoms with Crippen LogP contribution in [-0.2, 0) is 6.54 Å². The Morgan fingerprint density at radius 3 is 2.69 bits per heavy atom. The molecule has 0 atom stereocenters. The van der Waals surface area contributed by atoms with Gasteiger partial charge < -0.3 is 9.88 Å². The molecule has 92 valence electrons. The molecule has 1 aromatic rings. The van der Waals surface area contributed by atoms with Gasteiger partial charge in [0.05, 0.1) is 0 Å². The van der Waals surface area contributed by atoms with Gasteiger partial charge in [0.15, 0.2) is 0 Å². The fourth-order valence-corrected chi connectivity index (χ4v) is 1.82. The molecule has 0 aliphatic carbocycles. The van der Waals surface area contributed by atoms with Crippen molar-refractivity contribution in [3.05, 3.63) is 18.2 Å². The molecule has 1 heterocycles. The zero-order chi connectivity index (χ0) is 11.6. The van der Waals surface area contributed by atoms with E-state index in [0.717, 1.165) is 18.9 Å². The molecular weight excluding hydrogens is 198 g/mol. The van der Waals surface area contributed by atoms with E-state index in [4.69, 9.17) is 0 Å². The molecule has 0 saturated carbocycles. The second kappa shape index (κ2) is 8.34. The van der Waals surface area contributed by atoms with E-state index in [-0.39, 0.29) is 0 Å². The van der Waals surface area contributed by atoms with Crippen molar-refractivity contribution in [1.82, 2.24) is 14.9 Å². The minimum atomic E-state index is 1.08. The van der Waals surface area contributed by atoms with Crippen LogP contribution in [-0.4, -0.2) is 22.6 Å². The average Bonchev–Trinajstić information content (AvgIpc) is 2.68. The maximum absolute atomic E-state index is 4.21. The molecule has 1 aromatic heterocycles. The largest absolute Gasteiger partial charge is 0.335 e. The van der Waals surface area contributed by atoms with Crippen molar-refractivity contribution in [3.63, 3.8) is 0 Å². The summed E-state index contributed by atoms with van der Waals surface area (Å²) < 4.78 is 2.21. The second-order valence-corrected chi connectivity index (χ2v) is 4.33. The Kier molecular flexibility index (Phi) is 6.90. The third-order valence-corrected chi connectivity index (χ3v) is 2.88. The summed E-state index contributed by atoms with van der Waals surface area (Å²) in [6.07, 6.45) is 10.5. The fraction of sp³-hybridized carbons (Fsp3) is 0.769. The minimum Gasteiger partial charge on any atom is -0.335 e. The number of hydrogen-bond donors (Lipinski definition) is 1. The molecule has 0 amide bonds. The maximum atomic E-state index is 4.21. The Bertz CT molecular complexity index is 268. The molecule has 0 fully saturated rings. The summed E-state index contributed by atoms with van der Waals surface area (Å²) in [5.74, 6) is 1.11. The normalized spacial score (nSPS) is 10.9. The van der Waals surface area contributed by atoms with Gasteiger partial charge in [0.25, 0.3) is 0 Å². The SMILES string of the molecule is CCCCCCNCCCn1ccnc1C. The Morgan fingerprint density at radius 2 is 2.00 bits per heavy atom. The molecule has 1 N–H and O–H groups in total. The summed E-state index contributed by atoms with van der Waals surface area (Å²) in [6, 6.07) is 0. The molecule has 0 saturated heterocycles. The molecule has 16 heavy (non-hydrogen) atoms. The number of hydrogen-bond acceptors (Lipinski definition) is 2. The number of aryl methyl sites for hydroxylation is 2. The van der Waals surface area contributed by atoms with Gasteiger partial charge >= 0.3 is 0 Å². The molecule has 0 aliphatic rings. The lowest BCUT2D eigenvalue weighted by Gasteiger charge is -2.06. The molecule has 3 heteroatoms. The minimum absolute atomic E-state index is 1.08. The highest BCUT2D eigenvalue weighted by atomic mass is 15.0. The number of unbranched alkanes of at least 4 members (excludes halogenated alkanes) is 3. The van der Waals surface area contributed by atoms with Gasteiger partial charge in [0.1, 0.15) is 5.82 Å². The van der Waals surface area contributed by atoms with Gasteiger partial charge in [-0.2, -0.15) is 0 Å². The van der Waals surface area contributed by atoms with Crippen LogP contribution >= 0.6 is 0 Å². The van der Waals surface area contributed by atoms with Crippen molar-refractivity contribution in [2.45, 2.75) is 52.5 Å². The zero-order valence-electron chi connectivity index (χ0n) is 10.7. The average molecular weight is 223 g/mol. The van der Waals surface area contributed by atoms with Crippen LogP contribution in [0.3, 0.4) is 0 Å². The maximum Gasteiger partial charge on any atom is 0.105 e. The molecule has 0 spiro atoms. The predicted molar refractivity (Wildman–Crippen MR) is 68.6 cm³/mol. The van der Waals surface area contributed by atoms with Crippen molar-refractivity contribution in [2.75, 3.05) is 13.1 Å². The smallest absolute Gasteiger partial charge is 0.105 e. The Morgan fingerprint density at radius 1 is 1.19 bits per heavy atom. The van der Waals surface area contributed by atoms with Crippen molar-refractivity contribution < 1.29 is 0 Å². The summed E-state index contributed by atoms with van der Waals surface area (Å²) in [5.41, 5.74) is 0. The van der Waals surface area contributed by atoms with E-state index in [1.165, 1.54) is 38.6 Å². The van der Waals surface area contributed by atoms with E-state index in [2.05, 4.69) is 34.9 Å². The second-order valence-electron chi connectivity index (χ2n) is 4.33. The van der Waals surface area contributed by atoms with Crippen molar-refractivity contribution in [2.24, 2.45) is 0 Å². The number of aromatic nitrogens is 2. The van der Waals surface area contributed by atoms with Gasteiger partial charge in [-0.25, -0.2) is 4.98 Å². The van der Waals surface area contributed by atoms with E-state index in [1.54, 1.807) is 0 Å². The fourth-order valence-electron chi connectivity index (χ4n) is 1.82. The Balaban J connectivity index is 1.91. The van der Waals surface area contributed by atoms with Crippen LogP contribution < -0.4 is 5.32 Å². The number of imidazole rings is 1. The van der Waals surface area contributed by atoms with E-state index in [1.807, 2.05) is 6.20 Å². The van der Waals surface area contributed by atoms with Gasteiger partial charge in [-0.3, -0.25) is 0 Å². The highest BCUT2D eigenvalue weighted by Gasteiger charge is 1.95. The third kappa shape index (κ3) is 5.31. The summed E-state index contributed by atoms with van der Waals surface area (Å²) in [4.78, 5) is 4.21. The lowest BCUT2D eigenvalue weighted by atomic mass is 10.2. The summed E-state index contributed by atoms with van der Waals surface area (Å²) >= 11 is 0. The molecule has 0 radical (unpaired) electrons. The van der Waals surface area contributed by atoms with Crippen LogP contribution in [0.4, 0.5) is 0 Å². The van der Waals surface area contributed by atoms with Crippen LogP contribution in [0, 0.1) is 6.92 Å². The first-order valence-corrected chi connectivity index (χ1v) is 6.53. The molecular formula is C13H25N3. The molecule has 0 bridgehead atoms. The molecule has 0 aliphatic heterocycles. The zero-order valence-corrected chi connectivity index (χ0v) is 10.7. The molecule has 0 aromatic carbocycles. The lowest BCUT2D eigenvalue weighted by molar-refractivity contribution is 0.549. The molecule has 0 unspecified atom stereocenters. The summed E-state index contributed by atoms with van der Waals surface area (Å²) in [7, 11) is 0. The van der Waals surface area contributed by atoms with Gasteiger partial charge in [0, 0.05) is 18.9 Å². The van der Waals surface area contributed by atoms with Crippen LogP contribution in [0.5, 0.6) is 0 Å². The van der Waals surface area contributed by atoms with E-state index < -0.39 is 0 Å². The highest BCUT2D eigenvalue weighted by Crippen LogP contribution is 1.98. The topological polar surface area (TPSA) is 29.9 Å². The van der Waals surface area contributed by atoms with Crippen LogP contribution in [0.25, 0.3) is 0 Å². The standard InChI is InChI=1S/C13H25N3/c1-3-4-5-6-8-14-9-7-11-16-12-10-15-13(16)2/h10,12,14H,3-9,11H2,1-2H3. The predicted octanol–water partition coefficient (Wildman–Crippen LogP) is 2.75. The Labute approximate surface area is 99.3 Å². The molecule has 1 rings (SSSR count). The van der Waals surface area contributed by atoms with Gasteiger partial charge in [-0.1, -0.05) is 26.2 Å². The van der Waals surface area contributed by atoms with Crippen molar-refractivity contribution in [3.8, 4) is 0 Å². The summed E-state index contributed by atoms with van der Waals surface area (Å²) in [5, 5.41) is 3.49. The van der Waals surface area contributed by atoms with Crippen LogP contribution in [0.2, 0.25) is 0 Å². The van der Waals surface area contributed by atoms with E-state index >= 15 is 0 Å². The lowest BCUT2D eigenvalue weighted by Crippen LogP contribution is -2.18. The third-order valence-electron chi connectivity index (χ3n) is 2.88. The van der Waals surface area contributed by atoms with Crippen LogP contribution in [0.15, 0.2) is 12.4 Å². The van der Waals surface area contributed by atoms with E-state index in [9.17, 15) is 0 Å². The first-order valence-electron chi connectivity index (χ1n) is 6.53. The number of rotatable bonds is 9. The van der Waals surface area contributed by atoms with Gasteiger partial charge in [0.2, 0.25) is 0 Å². The first kappa shape index (κ1) is 13.2. The molecule has 3 nitrogen and oxygen atoms in total. The number of nitrogens with zero attached hydrogens (tertiary/aromatic N) is 2. The highest BCUT2D eigenvalue weighted by molar-refractivity contribution is 4.88. The van der Waals surface area contributed by atoms with E-state index in [0.29, 0.717) is 0 Å². The van der Waals surface area contributed by atoms with Crippen LogP contribution in [0.1, 0.15) is 44.9 Å². The van der Waals surface area contributed by atoms with Crippen molar-refractivity contribution in [1.29, 1.82) is 0 Å². The summed E-state index contributed by atoms with van der Waals surface area (Å²) in [6.45, 7) is 7.67. The quantitative estimate of drug-likeness (QED) is 0.652. The van der Waals surface area contributed by atoms with Crippen molar-refractivity contribution >= 4 is 0 Å². The first-order chi connectivity index (χ1) is 7.84. The number of nitrogens with one attached hydrogen (secondary N) is 1. The van der Waals surface area contributed by atoms with Gasteiger partial charge in [-0.15, -0.1) is 0 Å². The van der Waals surface area contributed by atoms with Gasteiger partial charge in [-0.05, 0) is 32.9 Å². The monoisotopic (exact) mass is 223 g/mol.